The van der Waals surface area contributed by atoms with Crippen LogP contribution in [0.4, 0.5) is 0 Å². The monoisotopic (exact) mass is 311 g/mol. The zero-order valence-corrected chi connectivity index (χ0v) is 13.3. The van der Waals surface area contributed by atoms with Crippen molar-refractivity contribution in [3.8, 4) is 5.75 Å². The molecular weight excluding hydrogens is 290 g/mol. The highest BCUT2D eigenvalue weighted by atomic mass is 16.5. The van der Waals surface area contributed by atoms with E-state index in [2.05, 4.69) is 20.4 Å². The minimum Gasteiger partial charge on any atom is -0.495 e. The Morgan fingerprint density at radius 1 is 1.26 bits per heavy atom. The van der Waals surface area contributed by atoms with Crippen molar-refractivity contribution < 1.29 is 9.15 Å². The fourth-order valence-corrected chi connectivity index (χ4v) is 3.38. The number of aromatic nitrogens is 2. The maximum Gasteiger partial charge on any atom is 0.137 e. The van der Waals surface area contributed by atoms with E-state index < -0.39 is 0 Å². The predicted molar refractivity (Wildman–Crippen MR) is 87.7 cm³/mol. The lowest BCUT2D eigenvalue weighted by atomic mass is 9.94. The van der Waals surface area contributed by atoms with Crippen molar-refractivity contribution >= 4 is 5.65 Å². The van der Waals surface area contributed by atoms with Gasteiger partial charge in [-0.3, -0.25) is 9.30 Å². The summed E-state index contributed by atoms with van der Waals surface area (Å²) in [5.41, 5.74) is 2.17. The molecule has 23 heavy (non-hydrogen) atoms. The second kappa shape index (κ2) is 6.08. The number of ether oxygens (including phenoxy) is 1. The highest BCUT2D eigenvalue weighted by Crippen LogP contribution is 2.29. The van der Waals surface area contributed by atoms with Crippen molar-refractivity contribution in [1.82, 2.24) is 14.3 Å². The lowest BCUT2D eigenvalue weighted by molar-refractivity contribution is 0.193. The first-order valence-electron chi connectivity index (χ1n) is 8.09. The Labute approximate surface area is 135 Å². The Morgan fingerprint density at radius 3 is 2.87 bits per heavy atom. The third-order valence-corrected chi connectivity index (χ3v) is 4.71. The maximum atomic E-state index is 5.55. The molecule has 0 unspecified atom stereocenters. The van der Waals surface area contributed by atoms with Crippen LogP contribution < -0.4 is 4.74 Å². The summed E-state index contributed by atoms with van der Waals surface area (Å²) in [5.74, 6) is 2.54. The number of pyridine rings is 1. The highest BCUT2D eigenvalue weighted by Gasteiger charge is 2.23. The standard InChI is InChI=1S/C18H21N3O2/c1-22-16-4-5-18-19-11-15(21(18)13-16)12-20-8-6-14(7-9-20)17-3-2-10-23-17/h2-5,10-11,13-14H,6-9,12H2,1H3. The number of nitrogens with zero attached hydrogens (tertiary/aromatic N) is 3. The van der Waals surface area contributed by atoms with Crippen LogP contribution in [0.25, 0.3) is 5.65 Å². The second-order valence-corrected chi connectivity index (χ2v) is 6.11. The van der Waals surface area contributed by atoms with Crippen LogP contribution in [0.2, 0.25) is 0 Å². The van der Waals surface area contributed by atoms with Crippen LogP contribution in [-0.2, 0) is 6.54 Å². The summed E-state index contributed by atoms with van der Waals surface area (Å²) in [5, 5.41) is 0. The molecule has 0 radical (unpaired) electrons. The third kappa shape index (κ3) is 2.84. The van der Waals surface area contributed by atoms with E-state index in [0.717, 1.165) is 49.6 Å². The van der Waals surface area contributed by atoms with Gasteiger partial charge in [-0.1, -0.05) is 0 Å². The average molecular weight is 311 g/mol. The van der Waals surface area contributed by atoms with Crippen molar-refractivity contribution in [2.75, 3.05) is 20.2 Å². The van der Waals surface area contributed by atoms with E-state index in [1.165, 1.54) is 5.69 Å². The second-order valence-electron chi connectivity index (χ2n) is 6.11. The molecule has 0 bridgehead atoms. The zero-order valence-electron chi connectivity index (χ0n) is 13.3. The molecule has 1 aliphatic rings. The number of piperidine rings is 1. The summed E-state index contributed by atoms with van der Waals surface area (Å²) in [6.45, 7) is 3.09. The van der Waals surface area contributed by atoms with E-state index in [1.54, 1.807) is 13.4 Å². The Morgan fingerprint density at radius 2 is 2.13 bits per heavy atom. The summed E-state index contributed by atoms with van der Waals surface area (Å²) in [7, 11) is 1.69. The molecule has 0 amide bonds. The quantitative estimate of drug-likeness (QED) is 0.741. The molecule has 1 fully saturated rings. The number of hydrogen-bond acceptors (Lipinski definition) is 4. The Kier molecular flexibility index (Phi) is 3.79. The number of rotatable bonds is 4. The third-order valence-electron chi connectivity index (χ3n) is 4.71. The first-order chi connectivity index (χ1) is 11.3. The summed E-state index contributed by atoms with van der Waals surface area (Å²) in [4.78, 5) is 6.97. The Balaban J connectivity index is 1.45. The first-order valence-corrected chi connectivity index (χ1v) is 8.09. The fraction of sp³-hybridized carbons (Fsp3) is 0.389. The molecule has 0 atom stereocenters. The summed E-state index contributed by atoms with van der Waals surface area (Å²) < 4.78 is 13.0. The molecular formula is C18H21N3O2. The molecule has 0 aliphatic carbocycles. The lowest BCUT2D eigenvalue weighted by Gasteiger charge is -2.30. The van der Waals surface area contributed by atoms with Gasteiger partial charge >= 0.3 is 0 Å². The van der Waals surface area contributed by atoms with Crippen LogP contribution in [0, 0.1) is 0 Å². The van der Waals surface area contributed by atoms with Gasteiger partial charge in [0.15, 0.2) is 0 Å². The SMILES string of the molecule is COc1ccc2ncc(CN3CCC(c4ccco4)CC3)n2c1. The van der Waals surface area contributed by atoms with E-state index >= 15 is 0 Å². The van der Waals surface area contributed by atoms with Crippen molar-refractivity contribution in [3.63, 3.8) is 0 Å². The van der Waals surface area contributed by atoms with Gasteiger partial charge in [0, 0.05) is 12.5 Å². The van der Waals surface area contributed by atoms with Gasteiger partial charge in [-0.2, -0.15) is 0 Å². The van der Waals surface area contributed by atoms with E-state index in [4.69, 9.17) is 9.15 Å². The number of fused-ring (bicyclic) bond motifs is 1. The van der Waals surface area contributed by atoms with Gasteiger partial charge in [0.1, 0.15) is 17.2 Å². The smallest absolute Gasteiger partial charge is 0.137 e. The minimum absolute atomic E-state index is 0.559. The number of likely N-dealkylation sites (tertiary alicyclic amines) is 1. The molecule has 5 heteroatoms. The van der Waals surface area contributed by atoms with E-state index in [0.29, 0.717) is 5.92 Å². The van der Waals surface area contributed by atoms with Crippen LogP contribution in [0.15, 0.2) is 47.3 Å². The molecule has 0 spiro atoms. The normalized spacial score (nSPS) is 16.9. The van der Waals surface area contributed by atoms with Gasteiger partial charge in [-0.15, -0.1) is 0 Å². The first kappa shape index (κ1) is 14.3. The van der Waals surface area contributed by atoms with Gasteiger partial charge in [-0.05, 0) is 50.2 Å². The largest absolute Gasteiger partial charge is 0.495 e. The molecule has 0 aromatic carbocycles. The summed E-state index contributed by atoms with van der Waals surface area (Å²) >= 11 is 0. The predicted octanol–water partition coefficient (Wildman–Crippen LogP) is 3.32. The number of methoxy groups -OCH3 is 1. The molecule has 0 saturated carbocycles. The minimum atomic E-state index is 0.559. The van der Waals surface area contributed by atoms with Gasteiger partial charge in [0.2, 0.25) is 0 Å². The Bertz CT molecular complexity index is 771. The molecule has 4 rings (SSSR count). The van der Waals surface area contributed by atoms with Crippen LogP contribution in [0.1, 0.15) is 30.2 Å². The topological polar surface area (TPSA) is 42.9 Å². The molecule has 3 aromatic rings. The highest BCUT2D eigenvalue weighted by molar-refractivity contribution is 5.43. The van der Waals surface area contributed by atoms with Crippen LogP contribution in [-0.4, -0.2) is 34.5 Å². The van der Waals surface area contributed by atoms with Gasteiger partial charge in [0.05, 0.1) is 31.5 Å². The van der Waals surface area contributed by atoms with Crippen LogP contribution in [0.3, 0.4) is 0 Å². The van der Waals surface area contributed by atoms with Crippen molar-refractivity contribution in [2.24, 2.45) is 0 Å². The average Bonchev–Trinajstić information content (AvgIpc) is 3.25. The molecule has 0 N–H and O–H groups in total. The molecule has 120 valence electrons. The van der Waals surface area contributed by atoms with E-state index in [1.807, 2.05) is 30.6 Å². The van der Waals surface area contributed by atoms with E-state index in [-0.39, 0.29) is 0 Å². The van der Waals surface area contributed by atoms with Gasteiger partial charge in [0.25, 0.3) is 0 Å². The fourth-order valence-electron chi connectivity index (χ4n) is 3.38. The summed E-state index contributed by atoms with van der Waals surface area (Å²) in [6, 6.07) is 8.01. The van der Waals surface area contributed by atoms with Crippen LogP contribution >= 0.6 is 0 Å². The zero-order chi connectivity index (χ0) is 15.6. The number of furan rings is 1. The molecule has 1 saturated heterocycles. The Hall–Kier alpha value is -2.27. The molecule has 3 aromatic heterocycles. The lowest BCUT2D eigenvalue weighted by Crippen LogP contribution is -2.32. The van der Waals surface area contributed by atoms with Crippen LogP contribution in [0.5, 0.6) is 5.75 Å². The molecule has 4 heterocycles. The van der Waals surface area contributed by atoms with E-state index in [9.17, 15) is 0 Å². The number of hydrogen-bond donors (Lipinski definition) is 0. The van der Waals surface area contributed by atoms with Crippen molar-refractivity contribution in [1.29, 1.82) is 0 Å². The molecule has 5 nitrogen and oxygen atoms in total. The maximum absolute atomic E-state index is 5.55. The van der Waals surface area contributed by atoms with Crippen molar-refractivity contribution in [3.05, 3.63) is 54.4 Å². The van der Waals surface area contributed by atoms with Gasteiger partial charge < -0.3 is 9.15 Å². The summed E-state index contributed by atoms with van der Waals surface area (Å²) in [6.07, 6.45) is 8.04. The van der Waals surface area contributed by atoms with Crippen molar-refractivity contribution in [2.45, 2.75) is 25.3 Å². The number of imidazole rings is 1. The van der Waals surface area contributed by atoms with Gasteiger partial charge in [-0.25, -0.2) is 4.98 Å². The molecule has 1 aliphatic heterocycles.